The molecule has 0 N–H and O–H groups in total. The summed E-state index contributed by atoms with van der Waals surface area (Å²) < 4.78 is 16.9. The van der Waals surface area contributed by atoms with Gasteiger partial charge in [0.1, 0.15) is 13.2 Å². The maximum Gasteiger partial charge on any atom is 0.306 e. The van der Waals surface area contributed by atoms with Crippen LogP contribution in [0.2, 0.25) is 0 Å². The number of hydrogen-bond acceptors (Lipinski definition) is 6. The smallest absolute Gasteiger partial charge is 0.306 e. The monoisotopic (exact) mass is 1010 g/mol. The van der Waals surface area contributed by atoms with Crippen LogP contribution >= 0.6 is 0 Å². The van der Waals surface area contributed by atoms with Crippen molar-refractivity contribution < 1.29 is 28.6 Å². The molecule has 0 heterocycles. The van der Waals surface area contributed by atoms with Crippen molar-refractivity contribution in [2.24, 2.45) is 0 Å². The van der Waals surface area contributed by atoms with E-state index >= 15 is 0 Å². The summed E-state index contributed by atoms with van der Waals surface area (Å²) in [5, 5.41) is 0. The normalized spacial score (nSPS) is 12.2. The van der Waals surface area contributed by atoms with Crippen LogP contribution in [0, 0.1) is 0 Å². The Morgan fingerprint density at radius 2 is 0.500 bits per heavy atom. The molecule has 0 aliphatic heterocycles. The molecule has 0 aliphatic carbocycles. The average molecular weight is 1010 g/mol. The first-order valence-electron chi connectivity index (χ1n) is 32.0. The maximum absolute atomic E-state index is 12.9. The van der Waals surface area contributed by atoms with Gasteiger partial charge in [-0.3, -0.25) is 14.4 Å². The highest BCUT2D eigenvalue weighted by Crippen LogP contribution is 2.18. The van der Waals surface area contributed by atoms with Gasteiger partial charge in [-0.25, -0.2) is 0 Å². The molecule has 0 rings (SSSR count). The fourth-order valence-corrected chi connectivity index (χ4v) is 9.57. The molecule has 422 valence electrons. The Bertz CT molecular complexity index is 1210. The highest BCUT2D eigenvalue weighted by molar-refractivity contribution is 5.71. The van der Waals surface area contributed by atoms with Gasteiger partial charge >= 0.3 is 17.9 Å². The average Bonchev–Trinajstić information content (AvgIpc) is 3.38. The topological polar surface area (TPSA) is 78.9 Å². The molecule has 6 nitrogen and oxygen atoms in total. The number of carbonyl (C=O) groups excluding carboxylic acids is 3. The summed E-state index contributed by atoms with van der Waals surface area (Å²) in [7, 11) is 0. The third-order valence-electron chi connectivity index (χ3n) is 14.4. The molecule has 0 radical (unpaired) electrons. The summed E-state index contributed by atoms with van der Waals surface area (Å²) >= 11 is 0. The van der Waals surface area contributed by atoms with Gasteiger partial charge in [0.05, 0.1) is 0 Å². The van der Waals surface area contributed by atoms with Crippen molar-refractivity contribution in [2.45, 2.75) is 354 Å². The van der Waals surface area contributed by atoms with E-state index < -0.39 is 6.10 Å². The number of unbranched alkanes of at least 4 members (excludes halogenated alkanes) is 42. The summed E-state index contributed by atoms with van der Waals surface area (Å²) in [6, 6.07) is 0. The lowest BCUT2D eigenvalue weighted by atomic mass is 10.0. The number of rotatable bonds is 59. The van der Waals surface area contributed by atoms with E-state index in [1.54, 1.807) is 0 Å². The number of carbonyl (C=O) groups is 3. The van der Waals surface area contributed by atoms with Crippen molar-refractivity contribution in [3.63, 3.8) is 0 Å². The first-order chi connectivity index (χ1) is 35.5. The fraction of sp³-hybridized carbons (Fsp3) is 0.864. The van der Waals surface area contributed by atoms with Crippen LogP contribution in [-0.4, -0.2) is 37.2 Å². The molecule has 0 spiro atoms. The quantitative estimate of drug-likeness (QED) is 0.0261. The van der Waals surface area contributed by atoms with Crippen molar-refractivity contribution in [1.29, 1.82) is 0 Å². The predicted octanol–water partition coefficient (Wildman–Crippen LogP) is 21.6. The molecule has 0 saturated carbocycles. The Labute approximate surface area is 448 Å². The SMILES string of the molecule is CCCCCCC/C=C\C/C=C\C/C=C\CCCCCCCCC(=O)OCC(COC(=O)CCCCCCCCCCCCCCC)OC(=O)CCCCCCCCCCCCCCCCCCCCCC. The standard InChI is InChI=1S/C66H122O6/c1-4-7-10-13-16-19-22-25-27-29-31-33-35-36-38-41-44-47-50-53-56-59-65(68)71-62-63(61-70-64(67)58-55-52-49-46-43-40-24-21-18-15-12-9-6-3)72-66(69)60-57-54-51-48-45-42-39-37-34-32-30-28-26-23-20-17-14-11-8-5-2/h22,25,29,31,35-36,63H,4-21,23-24,26-28,30,32-34,37-62H2,1-3H3/b25-22-,31-29-,36-35-. The lowest BCUT2D eigenvalue weighted by molar-refractivity contribution is -0.167. The van der Waals surface area contributed by atoms with E-state index in [4.69, 9.17) is 14.2 Å². The molecule has 6 heteroatoms. The van der Waals surface area contributed by atoms with Crippen molar-refractivity contribution in [1.82, 2.24) is 0 Å². The van der Waals surface area contributed by atoms with Gasteiger partial charge in [-0.2, -0.15) is 0 Å². The summed E-state index contributed by atoms with van der Waals surface area (Å²) in [5.41, 5.74) is 0. The largest absolute Gasteiger partial charge is 0.462 e. The van der Waals surface area contributed by atoms with Crippen LogP contribution in [0.15, 0.2) is 36.5 Å². The van der Waals surface area contributed by atoms with Gasteiger partial charge in [-0.1, -0.05) is 308 Å². The van der Waals surface area contributed by atoms with Crippen LogP contribution in [0.5, 0.6) is 0 Å². The molecule has 0 aromatic rings. The van der Waals surface area contributed by atoms with Crippen molar-refractivity contribution in [3.05, 3.63) is 36.5 Å². The van der Waals surface area contributed by atoms with E-state index in [-0.39, 0.29) is 31.1 Å². The Balaban J connectivity index is 4.31. The zero-order valence-electron chi connectivity index (χ0n) is 48.5. The molecule has 0 amide bonds. The third kappa shape index (κ3) is 58.5. The second kappa shape index (κ2) is 61.2. The molecule has 0 aliphatic rings. The van der Waals surface area contributed by atoms with Gasteiger partial charge < -0.3 is 14.2 Å². The molecule has 0 aromatic carbocycles. The number of esters is 3. The van der Waals surface area contributed by atoms with Crippen LogP contribution in [0.1, 0.15) is 348 Å². The van der Waals surface area contributed by atoms with Crippen molar-refractivity contribution in [2.75, 3.05) is 13.2 Å². The lowest BCUT2D eigenvalue weighted by Gasteiger charge is -2.18. The van der Waals surface area contributed by atoms with Gasteiger partial charge in [-0.15, -0.1) is 0 Å². The lowest BCUT2D eigenvalue weighted by Crippen LogP contribution is -2.30. The molecule has 0 aromatic heterocycles. The van der Waals surface area contributed by atoms with Crippen LogP contribution in [0.3, 0.4) is 0 Å². The predicted molar refractivity (Wildman–Crippen MR) is 312 cm³/mol. The Morgan fingerprint density at radius 3 is 0.778 bits per heavy atom. The molecule has 1 atom stereocenters. The van der Waals surface area contributed by atoms with E-state index in [1.165, 1.54) is 231 Å². The van der Waals surface area contributed by atoms with Gasteiger partial charge in [0.2, 0.25) is 0 Å². The second-order valence-corrected chi connectivity index (χ2v) is 21.7. The molecule has 0 bridgehead atoms. The van der Waals surface area contributed by atoms with E-state index in [9.17, 15) is 14.4 Å². The van der Waals surface area contributed by atoms with E-state index in [0.29, 0.717) is 19.3 Å². The van der Waals surface area contributed by atoms with Gasteiger partial charge in [0, 0.05) is 19.3 Å². The minimum absolute atomic E-state index is 0.0710. The second-order valence-electron chi connectivity index (χ2n) is 21.7. The first kappa shape index (κ1) is 69.6. The zero-order chi connectivity index (χ0) is 52.2. The summed E-state index contributed by atoms with van der Waals surface area (Å²) in [5.74, 6) is -0.859. The van der Waals surface area contributed by atoms with E-state index in [2.05, 4.69) is 57.2 Å². The highest BCUT2D eigenvalue weighted by Gasteiger charge is 2.19. The van der Waals surface area contributed by atoms with Crippen LogP contribution < -0.4 is 0 Å². The fourth-order valence-electron chi connectivity index (χ4n) is 9.57. The van der Waals surface area contributed by atoms with Crippen LogP contribution in [-0.2, 0) is 28.6 Å². The van der Waals surface area contributed by atoms with Crippen LogP contribution in [0.25, 0.3) is 0 Å². The maximum atomic E-state index is 12.9. The minimum Gasteiger partial charge on any atom is -0.462 e. The number of hydrogen-bond donors (Lipinski definition) is 0. The van der Waals surface area contributed by atoms with Crippen molar-refractivity contribution in [3.8, 4) is 0 Å². The molecule has 0 saturated heterocycles. The van der Waals surface area contributed by atoms with E-state index in [0.717, 1.165) is 77.0 Å². The number of ether oxygens (including phenoxy) is 3. The molecule has 72 heavy (non-hydrogen) atoms. The zero-order valence-corrected chi connectivity index (χ0v) is 48.5. The number of allylic oxidation sites excluding steroid dienone is 6. The Kier molecular flexibility index (Phi) is 59.2. The van der Waals surface area contributed by atoms with E-state index in [1.807, 2.05) is 0 Å². The first-order valence-corrected chi connectivity index (χ1v) is 32.0. The molecular formula is C66H122O6. The molecular weight excluding hydrogens is 889 g/mol. The highest BCUT2D eigenvalue weighted by atomic mass is 16.6. The summed E-state index contributed by atoms with van der Waals surface area (Å²) in [6.45, 7) is 6.68. The Morgan fingerprint density at radius 1 is 0.278 bits per heavy atom. The van der Waals surface area contributed by atoms with Crippen LogP contribution in [0.4, 0.5) is 0 Å². The summed E-state index contributed by atoms with van der Waals surface area (Å²) in [4.78, 5) is 38.3. The van der Waals surface area contributed by atoms with Crippen molar-refractivity contribution >= 4 is 17.9 Å². The minimum atomic E-state index is -0.774. The Hall–Kier alpha value is -2.37. The third-order valence-corrected chi connectivity index (χ3v) is 14.4. The summed E-state index contributed by atoms with van der Waals surface area (Å²) in [6.07, 6.45) is 74.3. The van der Waals surface area contributed by atoms with Gasteiger partial charge in [0.15, 0.2) is 6.10 Å². The molecule has 0 fully saturated rings. The van der Waals surface area contributed by atoms with Gasteiger partial charge in [-0.05, 0) is 57.8 Å². The molecule has 1 unspecified atom stereocenters. The van der Waals surface area contributed by atoms with Gasteiger partial charge in [0.25, 0.3) is 0 Å².